The molecule has 0 heterocycles. The van der Waals surface area contributed by atoms with Crippen molar-refractivity contribution < 1.29 is 9.18 Å². The summed E-state index contributed by atoms with van der Waals surface area (Å²) in [6, 6.07) is 4.79. The third-order valence-electron chi connectivity index (χ3n) is 2.17. The van der Waals surface area contributed by atoms with Crippen molar-refractivity contribution in [3.05, 3.63) is 34.1 Å². The Hall–Kier alpha value is -0.940. The third-order valence-corrected chi connectivity index (χ3v) is 2.78. The van der Waals surface area contributed by atoms with Gasteiger partial charge in [-0.2, -0.15) is 0 Å². The Bertz CT molecular complexity index is 385. The van der Waals surface area contributed by atoms with E-state index in [4.69, 9.17) is 0 Å². The maximum absolute atomic E-state index is 13.0. The molecule has 1 aromatic carbocycles. The number of carbonyl (C=O) groups is 1. The van der Waals surface area contributed by atoms with Gasteiger partial charge in [-0.25, -0.2) is 4.39 Å². The van der Waals surface area contributed by atoms with Gasteiger partial charge < -0.3 is 10.6 Å². The molecule has 1 aromatic rings. The predicted octanol–water partition coefficient (Wildman–Crippen LogP) is 2.20. The van der Waals surface area contributed by atoms with Gasteiger partial charge in [-0.15, -0.1) is 0 Å². The van der Waals surface area contributed by atoms with Crippen molar-refractivity contribution >= 4 is 21.8 Å². The molecule has 0 aromatic heterocycles. The van der Waals surface area contributed by atoms with Crippen LogP contribution in [0.5, 0.6) is 0 Å². The second kappa shape index (κ2) is 7.40. The lowest BCUT2D eigenvalue weighted by Crippen LogP contribution is -2.33. The van der Waals surface area contributed by atoms with E-state index in [1.54, 1.807) is 12.1 Å². The fourth-order valence-electron chi connectivity index (χ4n) is 1.30. The predicted molar refractivity (Wildman–Crippen MR) is 69.1 cm³/mol. The molecule has 0 atom stereocenters. The number of amides is 1. The molecule has 17 heavy (non-hydrogen) atoms. The Morgan fingerprint density at radius 1 is 1.47 bits per heavy atom. The van der Waals surface area contributed by atoms with Crippen molar-refractivity contribution in [1.29, 1.82) is 0 Å². The average Bonchev–Trinajstić information content (AvgIpc) is 2.31. The lowest BCUT2D eigenvalue weighted by atomic mass is 10.2. The molecule has 1 amide bonds. The van der Waals surface area contributed by atoms with E-state index < -0.39 is 0 Å². The van der Waals surface area contributed by atoms with Crippen LogP contribution in [0.25, 0.3) is 0 Å². The second-order valence-electron chi connectivity index (χ2n) is 3.70. The molecule has 0 aliphatic heterocycles. The highest BCUT2D eigenvalue weighted by Crippen LogP contribution is 2.16. The first-order valence-electron chi connectivity index (χ1n) is 5.54. The number of nitrogens with one attached hydrogen (secondary N) is 2. The van der Waals surface area contributed by atoms with Gasteiger partial charge in [0.1, 0.15) is 5.82 Å². The summed E-state index contributed by atoms with van der Waals surface area (Å²) < 4.78 is 13.4. The molecule has 0 unspecified atom stereocenters. The molecule has 94 valence electrons. The van der Waals surface area contributed by atoms with Crippen LogP contribution in [0.4, 0.5) is 4.39 Å². The monoisotopic (exact) mass is 302 g/mol. The van der Waals surface area contributed by atoms with Gasteiger partial charge in [0, 0.05) is 13.1 Å². The highest BCUT2D eigenvalue weighted by molar-refractivity contribution is 9.10. The first kappa shape index (κ1) is 14.1. The Kier molecular flexibility index (Phi) is 6.15. The van der Waals surface area contributed by atoms with Gasteiger partial charge in [0.15, 0.2) is 0 Å². The standard InChI is InChI=1S/C12H16BrFN2O/c1-2-5-16-12(17)8-15-7-9-3-4-11(14)10(13)6-9/h3-4,6,15H,2,5,7-8H2,1H3,(H,16,17). The summed E-state index contributed by atoms with van der Waals surface area (Å²) in [6.07, 6.45) is 0.927. The van der Waals surface area contributed by atoms with Crippen LogP contribution in [0, 0.1) is 5.82 Å². The van der Waals surface area contributed by atoms with Gasteiger partial charge in [0.05, 0.1) is 11.0 Å². The zero-order valence-corrected chi connectivity index (χ0v) is 11.3. The number of halogens is 2. The summed E-state index contributed by atoms with van der Waals surface area (Å²) in [7, 11) is 0. The largest absolute Gasteiger partial charge is 0.355 e. The summed E-state index contributed by atoms with van der Waals surface area (Å²) in [5.41, 5.74) is 0.932. The molecule has 0 bridgehead atoms. The Morgan fingerprint density at radius 2 is 2.24 bits per heavy atom. The molecule has 0 aliphatic carbocycles. The first-order valence-corrected chi connectivity index (χ1v) is 6.34. The van der Waals surface area contributed by atoms with Gasteiger partial charge >= 0.3 is 0 Å². The van der Waals surface area contributed by atoms with Crippen LogP contribution in [-0.2, 0) is 11.3 Å². The zero-order chi connectivity index (χ0) is 12.7. The van der Waals surface area contributed by atoms with E-state index in [9.17, 15) is 9.18 Å². The van der Waals surface area contributed by atoms with E-state index in [1.807, 2.05) is 6.92 Å². The number of carbonyl (C=O) groups excluding carboxylic acids is 1. The highest BCUT2D eigenvalue weighted by atomic mass is 79.9. The fraction of sp³-hybridized carbons (Fsp3) is 0.417. The maximum Gasteiger partial charge on any atom is 0.233 e. The first-order chi connectivity index (χ1) is 8.13. The quantitative estimate of drug-likeness (QED) is 0.846. The number of hydrogen-bond donors (Lipinski definition) is 2. The maximum atomic E-state index is 13.0. The topological polar surface area (TPSA) is 41.1 Å². The molecule has 2 N–H and O–H groups in total. The van der Waals surface area contributed by atoms with Crippen molar-refractivity contribution in [3.63, 3.8) is 0 Å². The molecule has 0 saturated carbocycles. The summed E-state index contributed by atoms with van der Waals surface area (Å²) in [5, 5.41) is 5.77. The van der Waals surface area contributed by atoms with Crippen LogP contribution in [0.3, 0.4) is 0 Å². The third kappa shape index (κ3) is 5.28. The summed E-state index contributed by atoms with van der Waals surface area (Å²) in [6.45, 7) is 3.51. The smallest absolute Gasteiger partial charge is 0.233 e. The molecule has 0 radical (unpaired) electrons. The second-order valence-corrected chi connectivity index (χ2v) is 4.56. The van der Waals surface area contributed by atoms with Crippen LogP contribution in [-0.4, -0.2) is 19.0 Å². The van der Waals surface area contributed by atoms with Crippen LogP contribution in [0.2, 0.25) is 0 Å². The molecule has 5 heteroatoms. The Morgan fingerprint density at radius 3 is 2.88 bits per heavy atom. The number of benzene rings is 1. The molecular formula is C12H16BrFN2O. The highest BCUT2D eigenvalue weighted by Gasteiger charge is 2.02. The number of hydrogen-bond acceptors (Lipinski definition) is 2. The van der Waals surface area contributed by atoms with Gasteiger partial charge in [-0.1, -0.05) is 13.0 Å². The molecule has 0 spiro atoms. The minimum atomic E-state index is -0.283. The minimum Gasteiger partial charge on any atom is -0.355 e. The summed E-state index contributed by atoms with van der Waals surface area (Å²) in [4.78, 5) is 11.3. The van der Waals surface area contributed by atoms with Crippen LogP contribution in [0.15, 0.2) is 22.7 Å². The molecule has 0 aliphatic rings. The minimum absolute atomic E-state index is 0.0203. The van der Waals surface area contributed by atoms with E-state index in [2.05, 4.69) is 26.6 Å². The van der Waals surface area contributed by atoms with Crippen molar-refractivity contribution in [2.45, 2.75) is 19.9 Å². The van der Waals surface area contributed by atoms with Crippen molar-refractivity contribution in [3.8, 4) is 0 Å². The summed E-state index contributed by atoms with van der Waals surface area (Å²) in [5.74, 6) is -0.303. The van der Waals surface area contributed by atoms with Gasteiger partial charge in [-0.05, 0) is 40.0 Å². The van der Waals surface area contributed by atoms with E-state index >= 15 is 0 Å². The van der Waals surface area contributed by atoms with Crippen molar-refractivity contribution in [2.75, 3.05) is 13.1 Å². The van der Waals surface area contributed by atoms with Crippen LogP contribution >= 0.6 is 15.9 Å². The normalized spacial score (nSPS) is 10.3. The Labute approximate surface area is 109 Å². The zero-order valence-electron chi connectivity index (χ0n) is 9.72. The molecule has 0 fully saturated rings. The molecular weight excluding hydrogens is 287 g/mol. The lowest BCUT2D eigenvalue weighted by Gasteiger charge is -2.06. The van der Waals surface area contributed by atoms with E-state index in [0.29, 0.717) is 17.6 Å². The number of rotatable bonds is 6. The van der Waals surface area contributed by atoms with Crippen molar-refractivity contribution in [1.82, 2.24) is 10.6 Å². The summed E-state index contributed by atoms with van der Waals surface area (Å²) >= 11 is 3.12. The molecule has 0 saturated heterocycles. The fourth-order valence-corrected chi connectivity index (χ4v) is 1.72. The van der Waals surface area contributed by atoms with Gasteiger partial charge in [0.25, 0.3) is 0 Å². The Balaban J connectivity index is 2.30. The van der Waals surface area contributed by atoms with Crippen LogP contribution < -0.4 is 10.6 Å². The van der Waals surface area contributed by atoms with Gasteiger partial charge in [-0.3, -0.25) is 4.79 Å². The van der Waals surface area contributed by atoms with E-state index in [-0.39, 0.29) is 18.3 Å². The molecule has 3 nitrogen and oxygen atoms in total. The van der Waals surface area contributed by atoms with Crippen LogP contribution in [0.1, 0.15) is 18.9 Å². The van der Waals surface area contributed by atoms with E-state index in [1.165, 1.54) is 6.07 Å². The van der Waals surface area contributed by atoms with Gasteiger partial charge in [0.2, 0.25) is 5.91 Å². The van der Waals surface area contributed by atoms with Crippen molar-refractivity contribution in [2.24, 2.45) is 0 Å². The molecule has 1 rings (SSSR count). The lowest BCUT2D eigenvalue weighted by molar-refractivity contribution is -0.120. The SMILES string of the molecule is CCCNC(=O)CNCc1ccc(F)c(Br)c1. The van der Waals surface area contributed by atoms with E-state index in [0.717, 1.165) is 12.0 Å². The average molecular weight is 303 g/mol.